The van der Waals surface area contributed by atoms with Crippen LogP contribution in [0, 0.1) is 19.0 Å². The Hall–Kier alpha value is -8.65. The molecule has 2 aliphatic heterocycles. The molecule has 75 heavy (non-hydrogen) atoms. The summed E-state index contributed by atoms with van der Waals surface area (Å²) in [7, 11) is 2.81. The molecule has 10 aromatic carbocycles. The van der Waals surface area contributed by atoms with Gasteiger partial charge in [-0.05, 0) is 128 Å². The monoisotopic (exact) mass is 999 g/mol. The molecule has 356 valence electrons. The van der Waals surface area contributed by atoms with Crippen LogP contribution in [0.5, 0.6) is 0 Å². The number of aromatic nitrogens is 2. The van der Waals surface area contributed by atoms with E-state index in [9.17, 15) is 0 Å². The van der Waals surface area contributed by atoms with E-state index in [0.29, 0.717) is 5.02 Å². The lowest BCUT2D eigenvalue weighted by Gasteiger charge is -2.21. The van der Waals surface area contributed by atoms with E-state index in [1.807, 2.05) is 12.1 Å². The lowest BCUT2D eigenvalue weighted by Crippen LogP contribution is -2.29. The van der Waals surface area contributed by atoms with Gasteiger partial charge in [0.25, 0.3) is 0 Å². The standard InChI is InChI=1S/C68H47ClN5P/c1-6-75-41(3)70-66-58-38-50-21-13-11-19-48(50)36-56(58)64(73(66)4)61(44-29-31-53(69)32-30-44)63-55-35-47-18-10-9-17-46(47)34-54(55)62(71-63)60(43-25-23-40(2)24-26-43)65-57-37-49-20-12-14-22-51(49)39-59(57)67(74(65)5)72-68(75)52-28-27-42-15-7-8-16-45(42)33-52/h1,7-39,68H,2-5H3/b63-61-,65-60-,70-41-,72-67-. The van der Waals surface area contributed by atoms with Gasteiger partial charge in [-0.15, -0.1) is 6.42 Å². The number of rotatable bonds is 3. The number of fused-ring (bicyclic) bond motifs is 18. The number of aliphatic imine (C=N–C) groups is 2. The Morgan fingerprint density at radius 3 is 1.65 bits per heavy atom. The van der Waals surface area contributed by atoms with Crippen molar-refractivity contribution in [3.8, 4) is 12.1 Å². The largest absolute Gasteiger partial charge is 0.328 e. The molecule has 5 nitrogen and oxygen atoms in total. The zero-order valence-corrected chi connectivity index (χ0v) is 43.4. The first-order chi connectivity index (χ1) is 36.7. The average Bonchev–Trinajstić information content (AvgIpc) is 4.01. The summed E-state index contributed by atoms with van der Waals surface area (Å²) in [6, 6.07) is 72.1. The minimum absolute atomic E-state index is 0.468. The van der Waals surface area contributed by atoms with Crippen LogP contribution >= 0.6 is 19.5 Å². The maximum Gasteiger partial charge on any atom is 0.141 e. The van der Waals surface area contributed by atoms with E-state index in [1.54, 1.807) is 0 Å². The van der Waals surface area contributed by atoms with Crippen LogP contribution in [0.25, 0.3) is 81.5 Å². The van der Waals surface area contributed by atoms with Crippen LogP contribution in [0.1, 0.15) is 51.8 Å². The van der Waals surface area contributed by atoms with E-state index in [2.05, 4.69) is 231 Å². The molecule has 0 aliphatic carbocycles. The first kappa shape index (κ1) is 45.0. The molecule has 2 unspecified atom stereocenters. The third-order valence-corrected chi connectivity index (χ3v) is 17.7. The van der Waals surface area contributed by atoms with Gasteiger partial charge in [-0.25, -0.2) is 9.98 Å². The van der Waals surface area contributed by atoms with Gasteiger partial charge >= 0.3 is 0 Å². The normalized spacial score (nSPS) is 18.5. The van der Waals surface area contributed by atoms with Crippen LogP contribution in [-0.4, -0.2) is 20.3 Å². The van der Waals surface area contributed by atoms with E-state index in [-0.39, 0.29) is 0 Å². The molecule has 0 saturated carbocycles. The van der Waals surface area contributed by atoms with Gasteiger partial charge in [-0.1, -0.05) is 168 Å². The quantitative estimate of drug-likeness (QED) is 0.125. The molecule has 7 heteroatoms. The molecule has 4 heterocycles. The first-order valence-corrected chi connectivity index (χ1v) is 27.1. The summed E-state index contributed by atoms with van der Waals surface area (Å²) in [6.07, 6.45) is 6.92. The molecule has 0 saturated heterocycles. The number of halogens is 1. The molecular weight excluding hydrogens is 953 g/mol. The van der Waals surface area contributed by atoms with Gasteiger partial charge in [-0.3, -0.25) is 4.99 Å². The van der Waals surface area contributed by atoms with Crippen molar-refractivity contribution < 1.29 is 0 Å². The maximum atomic E-state index is 6.92. The van der Waals surface area contributed by atoms with Gasteiger partial charge < -0.3 is 9.13 Å². The average molecular weight is 1000 g/mol. The van der Waals surface area contributed by atoms with Crippen molar-refractivity contribution in [1.82, 2.24) is 9.13 Å². The summed E-state index contributed by atoms with van der Waals surface area (Å²) < 4.78 is 4.58. The van der Waals surface area contributed by atoms with Crippen LogP contribution in [-0.2, 0) is 14.1 Å². The van der Waals surface area contributed by atoms with Crippen molar-refractivity contribution in [3.05, 3.63) is 255 Å². The third-order valence-electron chi connectivity index (χ3n) is 15.4. The fraction of sp³-hybridized carbons (Fsp3) is 0.0735. The minimum atomic E-state index is -1.50. The highest BCUT2D eigenvalue weighted by atomic mass is 35.5. The summed E-state index contributed by atoms with van der Waals surface area (Å²) in [6.45, 7) is 4.25. The maximum absolute atomic E-state index is 6.92. The molecule has 0 amide bonds. The topological polar surface area (TPSA) is 46.9 Å². The van der Waals surface area contributed by atoms with E-state index in [4.69, 9.17) is 33.0 Å². The van der Waals surface area contributed by atoms with Crippen LogP contribution in [0.3, 0.4) is 0 Å². The Morgan fingerprint density at radius 2 is 1.03 bits per heavy atom. The van der Waals surface area contributed by atoms with Gasteiger partial charge in [0, 0.05) is 70.9 Å². The molecule has 0 fully saturated rings. The van der Waals surface area contributed by atoms with Crippen molar-refractivity contribution in [2.75, 3.05) is 0 Å². The van der Waals surface area contributed by atoms with Crippen molar-refractivity contribution in [1.29, 1.82) is 0 Å². The highest BCUT2D eigenvalue weighted by Gasteiger charge is 2.33. The van der Waals surface area contributed by atoms with Crippen molar-refractivity contribution >= 4 is 118 Å². The molecule has 6 bridgehead atoms. The second-order valence-electron chi connectivity index (χ2n) is 19.9. The first-order valence-electron chi connectivity index (χ1n) is 25.3. The van der Waals surface area contributed by atoms with E-state index >= 15 is 0 Å². The molecule has 12 aromatic rings. The Bertz CT molecular complexity index is 4720. The zero-order chi connectivity index (χ0) is 50.6. The number of hydrogen-bond acceptors (Lipinski definition) is 3. The summed E-state index contributed by atoms with van der Waals surface area (Å²) in [5, 5.41) is 14.9. The highest BCUT2D eigenvalue weighted by Crippen LogP contribution is 2.54. The highest BCUT2D eigenvalue weighted by molar-refractivity contribution is 7.79. The molecule has 2 atom stereocenters. The third kappa shape index (κ3) is 7.24. The summed E-state index contributed by atoms with van der Waals surface area (Å²) in [5.74, 6) is 0.345. The van der Waals surface area contributed by atoms with Crippen molar-refractivity contribution in [2.45, 2.75) is 19.6 Å². The summed E-state index contributed by atoms with van der Waals surface area (Å²) in [5.41, 5.74) is 16.1. The number of benzene rings is 10. The summed E-state index contributed by atoms with van der Waals surface area (Å²) >= 11 is 6.77. The Morgan fingerprint density at radius 1 is 0.507 bits per heavy atom. The number of nitrogens with zero attached hydrogens (tertiary/aromatic N) is 5. The van der Waals surface area contributed by atoms with Gasteiger partial charge in [0.05, 0.1) is 27.9 Å². The number of terminal acetylenes is 1. The Kier molecular flexibility index (Phi) is 10.5. The zero-order valence-electron chi connectivity index (χ0n) is 41.8. The lowest BCUT2D eigenvalue weighted by atomic mass is 9.89. The molecule has 2 aliphatic rings. The molecule has 14 rings (SSSR count). The van der Waals surface area contributed by atoms with Gasteiger partial charge in [0.2, 0.25) is 0 Å². The van der Waals surface area contributed by atoms with Crippen LogP contribution in [0.15, 0.2) is 215 Å². The van der Waals surface area contributed by atoms with Crippen LogP contribution in [0.2, 0.25) is 5.02 Å². The Labute approximate surface area is 440 Å². The van der Waals surface area contributed by atoms with Gasteiger partial charge in [-0.2, -0.15) is 0 Å². The number of aryl methyl sites for hydroxylation is 1. The molecule has 0 N–H and O–H groups in total. The van der Waals surface area contributed by atoms with E-state index < -0.39 is 13.7 Å². The van der Waals surface area contributed by atoms with E-state index in [1.165, 1.54) is 5.56 Å². The van der Waals surface area contributed by atoms with Gasteiger partial charge in [0.1, 0.15) is 17.1 Å². The molecule has 0 spiro atoms. The predicted octanol–water partition coefficient (Wildman–Crippen LogP) is 16.3. The second-order valence-corrected chi connectivity index (χ2v) is 22.5. The fourth-order valence-corrected chi connectivity index (χ4v) is 13.4. The summed E-state index contributed by atoms with van der Waals surface area (Å²) in [4.78, 5) is 17.9. The lowest BCUT2D eigenvalue weighted by molar-refractivity contribution is 0.801. The SMILES string of the molecule is C#CP1/C(C)=N\c2c3cc4ccccc4cc3c(n2C)/C(c2ccc(Cl)cc2)=C2N=C(/C(c3ccc(C)cc3)=c3/c4cc5ccccc5cc4/c(n3C)=N/C1c1ccc3ccccc3c1)c1cc3ccccc3cc1\2. The van der Waals surface area contributed by atoms with Crippen molar-refractivity contribution in [2.24, 2.45) is 29.1 Å². The van der Waals surface area contributed by atoms with Crippen molar-refractivity contribution in [3.63, 3.8) is 0 Å². The fourth-order valence-electron chi connectivity index (χ4n) is 11.7. The molecular formula is C68H47ClN5P. The number of hydrogen-bond donors (Lipinski definition) is 0. The second kappa shape index (κ2) is 17.5. The Balaban J connectivity index is 1.25. The minimum Gasteiger partial charge on any atom is -0.328 e. The van der Waals surface area contributed by atoms with Gasteiger partial charge in [0.15, 0.2) is 0 Å². The van der Waals surface area contributed by atoms with Crippen LogP contribution < -0.4 is 10.8 Å². The molecule has 0 radical (unpaired) electrons. The molecule has 2 aromatic heterocycles. The predicted molar refractivity (Wildman–Crippen MR) is 318 cm³/mol. The smallest absolute Gasteiger partial charge is 0.141 e. The van der Waals surface area contributed by atoms with E-state index in [0.717, 1.165) is 143 Å². The van der Waals surface area contributed by atoms with Crippen LogP contribution in [0.4, 0.5) is 5.82 Å².